The fourth-order valence-electron chi connectivity index (χ4n) is 2.03. The van der Waals surface area contributed by atoms with E-state index in [4.69, 9.17) is 5.73 Å². The standard InChI is InChI=1S/C14H22N2O2/c1-3-16(14(18)8-5-9-15)11(2)12-6-4-7-13(17)10-12/h4,6-7,10-11,17H,3,5,8-9,15H2,1-2H3. The molecule has 0 saturated heterocycles. The molecule has 4 nitrogen and oxygen atoms in total. The smallest absolute Gasteiger partial charge is 0.223 e. The van der Waals surface area contributed by atoms with Crippen molar-refractivity contribution in [2.45, 2.75) is 32.7 Å². The van der Waals surface area contributed by atoms with Crippen LogP contribution in [0.5, 0.6) is 5.75 Å². The number of amides is 1. The maximum atomic E-state index is 12.0. The van der Waals surface area contributed by atoms with E-state index in [9.17, 15) is 9.90 Å². The molecule has 0 aliphatic rings. The molecule has 1 atom stereocenters. The maximum Gasteiger partial charge on any atom is 0.223 e. The Bertz CT molecular complexity index is 393. The van der Waals surface area contributed by atoms with Crippen LogP contribution in [0.4, 0.5) is 0 Å². The third-order valence-corrected chi connectivity index (χ3v) is 3.08. The Morgan fingerprint density at radius 2 is 2.22 bits per heavy atom. The van der Waals surface area contributed by atoms with Crippen LogP contribution in [0.1, 0.15) is 38.3 Å². The van der Waals surface area contributed by atoms with Gasteiger partial charge in [0.05, 0.1) is 6.04 Å². The van der Waals surface area contributed by atoms with Crippen LogP contribution in [-0.4, -0.2) is 29.0 Å². The summed E-state index contributed by atoms with van der Waals surface area (Å²) in [5.41, 5.74) is 6.36. The van der Waals surface area contributed by atoms with Gasteiger partial charge < -0.3 is 15.7 Å². The van der Waals surface area contributed by atoms with Crippen molar-refractivity contribution in [1.29, 1.82) is 0 Å². The minimum Gasteiger partial charge on any atom is -0.508 e. The van der Waals surface area contributed by atoms with Gasteiger partial charge in [-0.3, -0.25) is 4.79 Å². The average Bonchev–Trinajstić information content (AvgIpc) is 2.37. The summed E-state index contributed by atoms with van der Waals surface area (Å²) >= 11 is 0. The molecule has 0 saturated carbocycles. The second-order valence-corrected chi connectivity index (χ2v) is 4.34. The van der Waals surface area contributed by atoms with Crippen molar-refractivity contribution in [3.63, 3.8) is 0 Å². The number of phenols is 1. The molecule has 1 aromatic rings. The molecule has 0 aromatic heterocycles. The second kappa shape index (κ2) is 7.01. The number of rotatable bonds is 6. The lowest BCUT2D eigenvalue weighted by Crippen LogP contribution is -2.33. The first kappa shape index (κ1) is 14.5. The highest BCUT2D eigenvalue weighted by atomic mass is 16.3. The van der Waals surface area contributed by atoms with Gasteiger partial charge in [0.25, 0.3) is 0 Å². The van der Waals surface area contributed by atoms with Gasteiger partial charge in [-0.25, -0.2) is 0 Å². The Morgan fingerprint density at radius 1 is 1.50 bits per heavy atom. The SMILES string of the molecule is CCN(C(=O)CCCN)C(C)c1cccc(O)c1. The Morgan fingerprint density at radius 3 is 2.78 bits per heavy atom. The van der Waals surface area contributed by atoms with Crippen LogP contribution in [-0.2, 0) is 4.79 Å². The summed E-state index contributed by atoms with van der Waals surface area (Å²) in [7, 11) is 0. The molecule has 0 heterocycles. The number of phenolic OH excluding ortho intramolecular Hbond substituents is 1. The summed E-state index contributed by atoms with van der Waals surface area (Å²) in [5.74, 6) is 0.337. The predicted molar refractivity (Wildman–Crippen MR) is 72.2 cm³/mol. The third kappa shape index (κ3) is 3.74. The quantitative estimate of drug-likeness (QED) is 0.812. The van der Waals surface area contributed by atoms with Crippen LogP contribution in [0.2, 0.25) is 0 Å². The van der Waals surface area contributed by atoms with Crippen LogP contribution < -0.4 is 5.73 Å². The van der Waals surface area contributed by atoms with Crippen LogP contribution in [0.15, 0.2) is 24.3 Å². The normalized spacial score (nSPS) is 12.2. The first-order valence-corrected chi connectivity index (χ1v) is 6.38. The monoisotopic (exact) mass is 250 g/mol. The van der Waals surface area contributed by atoms with Crippen molar-refractivity contribution in [2.75, 3.05) is 13.1 Å². The first-order valence-electron chi connectivity index (χ1n) is 6.38. The van der Waals surface area contributed by atoms with E-state index in [1.165, 1.54) is 0 Å². The van der Waals surface area contributed by atoms with Crippen LogP contribution in [0.25, 0.3) is 0 Å². The fraction of sp³-hybridized carbons (Fsp3) is 0.500. The summed E-state index contributed by atoms with van der Waals surface area (Å²) < 4.78 is 0. The fourth-order valence-corrected chi connectivity index (χ4v) is 2.03. The van der Waals surface area contributed by atoms with Gasteiger partial charge in [-0.2, -0.15) is 0 Å². The van der Waals surface area contributed by atoms with Gasteiger partial charge in [-0.1, -0.05) is 12.1 Å². The molecule has 0 spiro atoms. The highest BCUT2D eigenvalue weighted by Crippen LogP contribution is 2.23. The van der Waals surface area contributed by atoms with Crippen LogP contribution >= 0.6 is 0 Å². The van der Waals surface area contributed by atoms with E-state index in [0.717, 1.165) is 5.56 Å². The number of benzene rings is 1. The molecule has 1 rings (SSSR count). The molecule has 1 amide bonds. The summed E-state index contributed by atoms with van der Waals surface area (Å²) in [6.07, 6.45) is 1.19. The molecular weight excluding hydrogens is 228 g/mol. The zero-order chi connectivity index (χ0) is 13.5. The number of hydrogen-bond acceptors (Lipinski definition) is 3. The lowest BCUT2D eigenvalue weighted by Gasteiger charge is -2.28. The number of carbonyl (C=O) groups excluding carboxylic acids is 1. The lowest BCUT2D eigenvalue weighted by atomic mass is 10.1. The van der Waals surface area contributed by atoms with Crippen LogP contribution in [0.3, 0.4) is 0 Å². The van der Waals surface area contributed by atoms with Crippen molar-refractivity contribution < 1.29 is 9.90 Å². The average molecular weight is 250 g/mol. The molecule has 3 N–H and O–H groups in total. The Hall–Kier alpha value is -1.55. The van der Waals surface area contributed by atoms with E-state index in [-0.39, 0.29) is 17.7 Å². The predicted octanol–water partition coefficient (Wildman–Crippen LogP) is 2.04. The second-order valence-electron chi connectivity index (χ2n) is 4.34. The number of nitrogens with two attached hydrogens (primary N) is 1. The van der Waals surface area contributed by atoms with E-state index in [2.05, 4.69) is 0 Å². The van der Waals surface area contributed by atoms with Gasteiger partial charge in [0.15, 0.2) is 0 Å². The number of carbonyl (C=O) groups is 1. The van der Waals surface area contributed by atoms with Crippen molar-refractivity contribution in [2.24, 2.45) is 5.73 Å². The van der Waals surface area contributed by atoms with Gasteiger partial charge in [0, 0.05) is 13.0 Å². The van der Waals surface area contributed by atoms with Gasteiger partial charge in [-0.05, 0) is 44.5 Å². The van der Waals surface area contributed by atoms with Crippen molar-refractivity contribution >= 4 is 5.91 Å². The number of hydrogen-bond donors (Lipinski definition) is 2. The van der Waals surface area contributed by atoms with Crippen molar-refractivity contribution in [3.8, 4) is 5.75 Å². The molecule has 0 fully saturated rings. The molecule has 1 unspecified atom stereocenters. The maximum absolute atomic E-state index is 12.0. The van der Waals surface area contributed by atoms with E-state index < -0.39 is 0 Å². The van der Waals surface area contributed by atoms with Crippen molar-refractivity contribution in [1.82, 2.24) is 4.90 Å². The van der Waals surface area contributed by atoms with Crippen LogP contribution in [0, 0.1) is 0 Å². The van der Waals surface area contributed by atoms with Gasteiger partial charge in [0.2, 0.25) is 5.91 Å². The van der Waals surface area contributed by atoms with Crippen molar-refractivity contribution in [3.05, 3.63) is 29.8 Å². The zero-order valence-electron chi connectivity index (χ0n) is 11.1. The molecule has 0 bridgehead atoms. The Balaban J connectivity index is 2.78. The number of nitrogens with zero attached hydrogens (tertiary/aromatic N) is 1. The van der Waals surface area contributed by atoms with E-state index in [1.54, 1.807) is 18.2 Å². The molecule has 4 heteroatoms. The van der Waals surface area contributed by atoms with E-state index >= 15 is 0 Å². The largest absolute Gasteiger partial charge is 0.508 e. The Kier molecular flexibility index (Phi) is 5.65. The summed E-state index contributed by atoms with van der Waals surface area (Å²) in [6.45, 7) is 5.11. The summed E-state index contributed by atoms with van der Waals surface area (Å²) in [4.78, 5) is 13.9. The molecule has 18 heavy (non-hydrogen) atoms. The first-order chi connectivity index (χ1) is 8.60. The number of aromatic hydroxyl groups is 1. The van der Waals surface area contributed by atoms with Gasteiger partial charge in [-0.15, -0.1) is 0 Å². The van der Waals surface area contributed by atoms with E-state index in [0.29, 0.717) is 25.9 Å². The molecule has 0 radical (unpaired) electrons. The molecule has 0 aliphatic carbocycles. The Labute approximate surface area is 108 Å². The topological polar surface area (TPSA) is 66.6 Å². The molecule has 0 aliphatic heterocycles. The summed E-state index contributed by atoms with van der Waals surface area (Å²) in [5, 5.41) is 9.48. The van der Waals surface area contributed by atoms with Gasteiger partial charge >= 0.3 is 0 Å². The van der Waals surface area contributed by atoms with Gasteiger partial charge in [0.1, 0.15) is 5.75 Å². The zero-order valence-corrected chi connectivity index (χ0v) is 11.1. The molecule has 100 valence electrons. The summed E-state index contributed by atoms with van der Waals surface area (Å²) in [6, 6.07) is 7.00. The molecular formula is C14H22N2O2. The highest BCUT2D eigenvalue weighted by molar-refractivity contribution is 5.76. The highest BCUT2D eigenvalue weighted by Gasteiger charge is 2.19. The minimum atomic E-state index is -0.0348. The lowest BCUT2D eigenvalue weighted by molar-refractivity contribution is -0.133. The molecule has 1 aromatic carbocycles. The minimum absolute atomic E-state index is 0.0348. The third-order valence-electron chi connectivity index (χ3n) is 3.08. The van der Waals surface area contributed by atoms with E-state index in [1.807, 2.05) is 24.8 Å².